The second kappa shape index (κ2) is 11.6. The molecule has 2 rings (SSSR count). The highest BCUT2D eigenvalue weighted by Crippen LogP contribution is 2.28. The third-order valence-electron chi connectivity index (χ3n) is 5.32. The minimum atomic E-state index is -0.679. The molecule has 0 aliphatic rings. The van der Waals surface area contributed by atoms with Gasteiger partial charge in [0.2, 0.25) is 5.91 Å². The molecule has 0 saturated heterocycles. The summed E-state index contributed by atoms with van der Waals surface area (Å²) in [5.74, 6) is 0.123. The molecule has 32 heavy (non-hydrogen) atoms. The zero-order valence-electron chi connectivity index (χ0n) is 19.6. The Morgan fingerprint density at radius 3 is 2.28 bits per heavy atom. The molecule has 0 fully saturated rings. The molecule has 7 heteroatoms. The molecular formula is C25H32Cl2N2O3. The van der Waals surface area contributed by atoms with E-state index in [1.54, 1.807) is 18.2 Å². The van der Waals surface area contributed by atoms with Gasteiger partial charge in [0.15, 0.2) is 6.61 Å². The maximum Gasteiger partial charge on any atom is 0.261 e. The Hall–Kier alpha value is -2.24. The van der Waals surface area contributed by atoms with Gasteiger partial charge in [0.25, 0.3) is 5.91 Å². The van der Waals surface area contributed by atoms with Gasteiger partial charge in [0, 0.05) is 28.2 Å². The summed E-state index contributed by atoms with van der Waals surface area (Å²) in [6.45, 7) is 11.5. The lowest BCUT2D eigenvalue weighted by atomic mass is 10.1. The number of aryl methyl sites for hydroxylation is 2. The molecule has 174 valence electrons. The number of nitrogens with one attached hydrogen (secondary N) is 1. The van der Waals surface area contributed by atoms with E-state index in [0.717, 1.165) is 16.7 Å². The van der Waals surface area contributed by atoms with Crippen molar-refractivity contribution < 1.29 is 14.3 Å². The molecule has 5 nitrogen and oxygen atoms in total. The fraction of sp³-hybridized carbons (Fsp3) is 0.440. The predicted molar refractivity (Wildman–Crippen MR) is 131 cm³/mol. The van der Waals surface area contributed by atoms with E-state index in [1.165, 1.54) is 4.90 Å². The van der Waals surface area contributed by atoms with Crippen LogP contribution in [0.3, 0.4) is 0 Å². The van der Waals surface area contributed by atoms with Crippen LogP contribution in [0, 0.1) is 20.8 Å². The van der Waals surface area contributed by atoms with Gasteiger partial charge in [-0.3, -0.25) is 9.59 Å². The van der Waals surface area contributed by atoms with Crippen LogP contribution in [-0.4, -0.2) is 35.4 Å². The minimum absolute atomic E-state index is 0.0495. The number of nitrogens with zero attached hydrogens (tertiary/aromatic N) is 1. The highest BCUT2D eigenvalue weighted by atomic mass is 35.5. The summed E-state index contributed by atoms with van der Waals surface area (Å²) in [6.07, 6.45) is 0.439. The zero-order valence-corrected chi connectivity index (χ0v) is 21.1. The number of hydrogen-bond donors (Lipinski definition) is 1. The normalized spacial score (nSPS) is 11.9. The lowest BCUT2D eigenvalue weighted by Crippen LogP contribution is -2.51. The summed E-state index contributed by atoms with van der Waals surface area (Å²) in [4.78, 5) is 27.7. The van der Waals surface area contributed by atoms with Crippen LogP contribution in [-0.2, 0) is 16.1 Å². The van der Waals surface area contributed by atoms with Crippen molar-refractivity contribution in [2.75, 3.05) is 6.61 Å². The highest BCUT2D eigenvalue weighted by Gasteiger charge is 2.30. The second-order valence-electron chi connectivity index (χ2n) is 8.30. The van der Waals surface area contributed by atoms with Gasteiger partial charge in [-0.25, -0.2) is 0 Å². The van der Waals surface area contributed by atoms with Crippen LogP contribution in [0.5, 0.6) is 5.75 Å². The lowest BCUT2D eigenvalue weighted by molar-refractivity contribution is -0.143. The highest BCUT2D eigenvalue weighted by molar-refractivity contribution is 6.36. The van der Waals surface area contributed by atoms with Crippen LogP contribution in [0.1, 0.15) is 49.4 Å². The molecule has 0 bridgehead atoms. The fourth-order valence-electron chi connectivity index (χ4n) is 3.53. The maximum atomic E-state index is 13.4. The minimum Gasteiger partial charge on any atom is -0.483 e. The van der Waals surface area contributed by atoms with Crippen LogP contribution < -0.4 is 10.1 Å². The largest absolute Gasteiger partial charge is 0.483 e. The summed E-state index contributed by atoms with van der Waals surface area (Å²) in [5.41, 5.74) is 3.73. The van der Waals surface area contributed by atoms with Gasteiger partial charge in [-0.15, -0.1) is 0 Å². The van der Waals surface area contributed by atoms with Crippen LogP contribution >= 0.6 is 23.2 Å². The first-order chi connectivity index (χ1) is 15.0. The molecule has 0 spiro atoms. The first-order valence-electron chi connectivity index (χ1n) is 10.8. The molecule has 0 aliphatic carbocycles. The predicted octanol–water partition coefficient (Wildman–Crippen LogP) is 5.63. The van der Waals surface area contributed by atoms with Crippen LogP contribution in [0.15, 0.2) is 30.3 Å². The van der Waals surface area contributed by atoms with Crippen molar-refractivity contribution in [2.45, 2.75) is 66.6 Å². The summed E-state index contributed by atoms with van der Waals surface area (Å²) in [7, 11) is 0. The standard InChI is InChI=1S/C25H32Cl2N2O3/c1-7-22(25(31)28-15(2)3)29(13-19-20(26)9-8-10-21(19)27)24(30)14-32-23-12-16(4)11-17(5)18(23)6/h8-12,15,22H,7,13-14H2,1-6H3,(H,28,31)/t22-/m0/s1. The number of hydrogen-bond acceptors (Lipinski definition) is 3. The van der Waals surface area contributed by atoms with E-state index in [0.29, 0.717) is 27.8 Å². The monoisotopic (exact) mass is 478 g/mol. The molecule has 0 radical (unpaired) electrons. The molecule has 0 heterocycles. The van der Waals surface area contributed by atoms with E-state index in [4.69, 9.17) is 27.9 Å². The molecule has 0 aromatic heterocycles. The van der Waals surface area contributed by atoms with E-state index in [2.05, 4.69) is 11.4 Å². The van der Waals surface area contributed by atoms with Gasteiger partial charge in [-0.05, 0) is 75.9 Å². The van der Waals surface area contributed by atoms with Crippen molar-refractivity contribution in [1.82, 2.24) is 10.2 Å². The Labute approximate surface area is 201 Å². The molecule has 1 N–H and O–H groups in total. The topological polar surface area (TPSA) is 58.6 Å². The number of ether oxygens (including phenoxy) is 1. The first kappa shape index (κ1) is 26.0. The van der Waals surface area contributed by atoms with E-state index in [1.807, 2.05) is 47.6 Å². The number of benzene rings is 2. The van der Waals surface area contributed by atoms with Gasteiger partial charge in [0.05, 0.1) is 0 Å². The Kier molecular flexibility index (Phi) is 9.41. The maximum absolute atomic E-state index is 13.4. The van der Waals surface area contributed by atoms with Crippen LogP contribution in [0.4, 0.5) is 0 Å². The Morgan fingerprint density at radius 2 is 1.72 bits per heavy atom. The Morgan fingerprint density at radius 1 is 1.09 bits per heavy atom. The second-order valence-corrected chi connectivity index (χ2v) is 9.12. The third-order valence-corrected chi connectivity index (χ3v) is 6.03. The number of rotatable bonds is 9. The zero-order chi connectivity index (χ0) is 24.0. The molecule has 2 aromatic rings. The van der Waals surface area contributed by atoms with Crippen LogP contribution in [0.2, 0.25) is 10.0 Å². The van der Waals surface area contributed by atoms with Crippen molar-refractivity contribution in [3.05, 3.63) is 62.6 Å². The van der Waals surface area contributed by atoms with Gasteiger partial charge in [-0.1, -0.05) is 42.3 Å². The van der Waals surface area contributed by atoms with Crippen molar-refractivity contribution in [1.29, 1.82) is 0 Å². The van der Waals surface area contributed by atoms with Crippen molar-refractivity contribution in [3.63, 3.8) is 0 Å². The van der Waals surface area contributed by atoms with Gasteiger partial charge < -0.3 is 15.0 Å². The van der Waals surface area contributed by atoms with Gasteiger partial charge >= 0.3 is 0 Å². The molecule has 0 aliphatic heterocycles. The van der Waals surface area contributed by atoms with Crippen LogP contribution in [0.25, 0.3) is 0 Å². The summed E-state index contributed by atoms with van der Waals surface area (Å²) < 4.78 is 5.91. The quantitative estimate of drug-likeness (QED) is 0.507. The molecule has 2 amide bonds. The third kappa shape index (κ3) is 6.63. The van der Waals surface area contributed by atoms with Crippen molar-refractivity contribution in [3.8, 4) is 5.75 Å². The Bertz CT molecular complexity index is 956. The molecule has 0 unspecified atom stereocenters. The molecule has 2 aromatic carbocycles. The lowest BCUT2D eigenvalue weighted by Gasteiger charge is -2.31. The number of amides is 2. The molecular weight excluding hydrogens is 447 g/mol. The number of carbonyl (C=O) groups is 2. The molecule has 1 atom stereocenters. The first-order valence-corrected chi connectivity index (χ1v) is 11.5. The van der Waals surface area contributed by atoms with E-state index >= 15 is 0 Å². The van der Waals surface area contributed by atoms with Gasteiger partial charge in [-0.2, -0.15) is 0 Å². The average Bonchev–Trinajstić information content (AvgIpc) is 2.70. The summed E-state index contributed by atoms with van der Waals surface area (Å²) in [5, 5.41) is 3.79. The summed E-state index contributed by atoms with van der Waals surface area (Å²) in [6, 6.07) is 8.43. The smallest absolute Gasteiger partial charge is 0.261 e. The number of carbonyl (C=O) groups excluding carboxylic acids is 2. The van der Waals surface area contributed by atoms with Crippen molar-refractivity contribution in [2.24, 2.45) is 0 Å². The molecule has 0 saturated carbocycles. The Balaban J connectivity index is 2.34. The van der Waals surface area contributed by atoms with Gasteiger partial charge in [0.1, 0.15) is 11.8 Å². The van der Waals surface area contributed by atoms with E-state index in [-0.39, 0.29) is 31.0 Å². The van der Waals surface area contributed by atoms with E-state index < -0.39 is 6.04 Å². The SMILES string of the molecule is CC[C@@H](C(=O)NC(C)C)N(Cc1c(Cl)cccc1Cl)C(=O)COc1cc(C)cc(C)c1C. The summed E-state index contributed by atoms with van der Waals surface area (Å²) >= 11 is 12.7. The number of halogens is 2. The van der Waals surface area contributed by atoms with Crippen molar-refractivity contribution >= 4 is 35.0 Å². The average molecular weight is 479 g/mol. The van der Waals surface area contributed by atoms with E-state index in [9.17, 15) is 9.59 Å². The fourth-order valence-corrected chi connectivity index (χ4v) is 4.04.